The van der Waals surface area contributed by atoms with Crippen LogP contribution in [-0.2, 0) is 25.7 Å². The normalized spacial score (nSPS) is 14.5. The zero-order valence-electron chi connectivity index (χ0n) is 15.3. The molecule has 7 nitrogen and oxygen atoms in total. The second kappa shape index (κ2) is 10.6. The van der Waals surface area contributed by atoms with Crippen molar-refractivity contribution in [2.45, 2.75) is 52.4 Å². The Morgan fingerprint density at radius 1 is 1.08 bits per heavy atom. The maximum absolute atomic E-state index is 12.4. The molecule has 26 heavy (non-hydrogen) atoms. The lowest BCUT2D eigenvalue weighted by Gasteiger charge is -2.25. The number of aliphatic carboxylic acids is 2. The van der Waals surface area contributed by atoms with Gasteiger partial charge in [0.2, 0.25) is 5.91 Å². The van der Waals surface area contributed by atoms with Crippen molar-refractivity contribution < 1.29 is 29.3 Å². The van der Waals surface area contributed by atoms with Crippen LogP contribution < -0.4 is 5.32 Å². The Balaban J connectivity index is 2.73. The van der Waals surface area contributed by atoms with E-state index in [-0.39, 0.29) is 18.9 Å². The minimum Gasteiger partial charge on any atom is -0.481 e. The molecule has 0 spiro atoms. The Bertz CT molecular complexity index is 601. The molecule has 3 N–H and O–H groups in total. The van der Waals surface area contributed by atoms with Gasteiger partial charge in [-0.2, -0.15) is 0 Å². The van der Waals surface area contributed by atoms with Crippen molar-refractivity contribution in [1.82, 2.24) is 5.32 Å². The van der Waals surface area contributed by atoms with Gasteiger partial charge in [0.05, 0.1) is 19.1 Å². The van der Waals surface area contributed by atoms with E-state index in [1.54, 1.807) is 6.92 Å². The Hall–Kier alpha value is -2.41. The number of hydrogen-bond donors (Lipinski definition) is 3. The van der Waals surface area contributed by atoms with Gasteiger partial charge in [-0.25, -0.2) is 4.79 Å². The summed E-state index contributed by atoms with van der Waals surface area (Å²) < 4.78 is 5.58. The van der Waals surface area contributed by atoms with Gasteiger partial charge in [0.15, 0.2) is 6.04 Å². The Morgan fingerprint density at radius 3 is 2.19 bits per heavy atom. The average Bonchev–Trinajstić information content (AvgIpc) is 2.56. The molecule has 144 valence electrons. The van der Waals surface area contributed by atoms with Gasteiger partial charge in [0.1, 0.15) is 0 Å². The van der Waals surface area contributed by atoms with E-state index < -0.39 is 35.9 Å². The minimum absolute atomic E-state index is 0.111. The highest BCUT2D eigenvalue weighted by atomic mass is 16.5. The fourth-order valence-electron chi connectivity index (χ4n) is 2.61. The highest BCUT2D eigenvalue weighted by Crippen LogP contribution is 2.17. The molecule has 1 aromatic rings. The van der Waals surface area contributed by atoms with Crippen LogP contribution in [0.5, 0.6) is 0 Å². The molecule has 0 aromatic heterocycles. The van der Waals surface area contributed by atoms with Crippen LogP contribution >= 0.6 is 0 Å². The Kier molecular flexibility index (Phi) is 8.78. The van der Waals surface area contributed by atoms with Gasteiger partial charge in [0, 0.05) is 5.92 Å². The number of rotatable bonds is 11. The Labute approximate surface area is 153 Å². The van der Waals surface area contributed by atoms with Crippen molar-refractivity contribution in [3.05, 3.63) is 35.9 Å². The quantitative estimate of drug-likeness (QED) is 0.554. The van der Waals surface area contributed by atoms with Crippen LogP contribution in [0, 0.1) is 11.8 Å². The smallest absolute Gasteiger partial charge is 0.328 e. The molecule has 0 aliphatic carbocycles. The van der Waals surface area contributed by atoms with Crippen molar-refractivity contribution in [2.24, 2.45) is 11.8 Å². The Morgan fingerprint density at radius 2 is 1.69 bits per heavy atom. The first-order valence-electron chi connectivity index (χ1n) is 8.61. The lowest BCUT2D eigenvalue weighted by molar-refractivity contribution is -0.148. The van der Waals surface area contributed by atoms with E-state index in [9.17, 15) is 19.5 Å². The third kappa shape index (κ3) is 7.65. The van der Waals surface area contributed by atoms with Gasteiger partial charge >= 0.3 is 11.9 Å². The third-order valence-corrected chi connectivity index (χ3v) is 3.94. The molecule has 0 heterocycles. The number of amides is 1. The van der Waals surface area contributed by atoms with E-state index in [0.717, 1.165) is 5.56 Å². The highest BCUT2D eigenvalue weighted by Gasteiger charge is 2.31. The summed E-state index contributed by atoms with van der Waals surface area (Å²) in [5.41, 5.74) is 0.887. The largest absolute Gasteiger partial charge is 0.481 e. The van der Waals surface area contributed by atoms with Crippen molar-refractivity contribution in [3.63, 3.8) is 0 Å². The molecule has 0 aliphatic rings. The van der Waals surface area contributed by atoms with E-state index in [2.05, 4.69) is 5.32 Å². The van der Waals surface area contributed by atoms with E-state index in [1.807, 2.05) is 44.2 Å². The van der Waals surface area contributed by atoms with E-state index in [1.165, 1.54) is 0 Å². The monoisotopic (exact) mass is 365 g/mol. The molecular formula is C19H27NO6. The molecule has 0 bridgehead atoms. The van der Waals surface area contributed by atoms with Crippen LogP contribution in [-0.4, -0.2) is 40.2 Å². The van der Waals surface area contributed by atoms with Gasteiger partial charge in [-0.15, -0.1) is 0 Å². The summed E-state index contributed by atoms with van der Waals surface area (Å²) in [5.74, 6) is -3.57. The van der Waals surface area contributed by atoms with Gasteiger partial charge < -0.3 is 20.3 Å². The van der Waals surface area contributed by atoms with E-state index in [4.69, 9.17) is 9.84 Å². The zero-order chi connectivity index (χ0) is 19.7. The average molecular weight is 365 g/mol. The van der Waals surface area contributed by atoms with Crippen LogP contribution in [0.15, 0.2) is 30.3 Å². The maximum atomic E-state index is 12.4. The second-order valence-electron chi connectivity index (χ2n) is 6.75. The SMILES string of the molecule is CC(C)CC(CC(=O)O)C(=O)N[C@H](C(=O)O)[C@@H](C)OCc1ccccc1. The first-order valence-corrected chi connectivity index (χ1v) is 8.61. The molecule has 1 rings (SSSR count). The molecule has 7 heteroatoms. The summed E-state index contributed by atoms with van der Waals surface area (Å²) in [6, 6.07) is 8.02. The molecule has 1 unspecified atom stereocenters. The van der Waals surface area contributed by atoms with E-state index in [0.29, 0.717) is 6.42 Å². The highest BCUT2D eigenvalue weighted by molar-refractivity contribution is 5.87. The molecule has 1 amide bonds. The summed E-state index contributed by atoms with van der Waals surface area (Å²) in [6.07, 6.45) is -0.750. The topological polar surface area (TPSA) is 113 Å². The predicted octanol–water partition coefficient (Wildman–Crippen LogP) is 2.30. The lowest BCUT2D eigenvalue weighted by atomic mass is 9.93. The molecule has 0 fully saturated rings. The van der Waals surface area contributed by atoms with Gasteiger partial charge in [-0.1, -0.05) is 44.2 Å². The summed E-state index contributed by atoms with van der Waals surface area (Å²) in [4.78, 5) is 34.9. The van der Waals surface area contributed by atoms with Gasteiger partial charge in [0.25, 0.3) is 0 Å². The molecule has 3 atom stereocenters. The fourth-order valence-corrected chi connectivity index (χ4v) is 2.61. The number of carboxylic acid groups (broad SMARTS) is 2. The number of carbonyl (C=O) groups is 3. The van der Waals surface area contributed by atoms with Crippen LogP contribution in [0.3, 0.4) is 0 Å². The summed E-state index contributed by atoms with van der Waals surface area (Å²) >= 11 is 0. The number of benzene rings is 1. The fraction of sp³-hybridized carbons (Fsp3) is 0.526. The summed E-state index contributed by atoms with van der Waals surface area (Å²) in [7, 11) is 0. The first kappa shape index (κ1) is 21.6. The van der Waals surface area contributed by atoms with Crippen LogP contribution in [0.2, 0.25) is 0 Å². The van der Waals surface area contributed by atoms with Crippen molar-refractivity contribution in [2.75, 3.05) is 0 Å². The number of nitrogens with one attached hydrogen (secondary N) is 1. The lowest BCUT2D eigenvalue weighted by Crippen LogP contribution is -2.50. The molecular weight excluding hydrogens is 338 g/mol. The number of carboxylic acids is 2. The third-order valence-electron chi connectivity index (χ3n) is 3.94. The number of hydrogen-bond acceptors (Lipinski definition) is 4. The predicted molar refractivity (Wildman–Crippen MR) is 95.5 cm³/mol. The second-order valence-corrected chi connectivity index (χ2v) is 6.75. The molecule has 0 radical (unpaired) electrons. The minimum atomic E-state index is -1.25. The first-order chi connectivity index (χ1) is 12.2. The zero-order valence-corrected chi connectivity index (χ0v) is 15.3. The van der Waals surface area contributed by atoms with Crippen LogP contribution in [0.25, 0.3) is 0 Å². The van der Waals surface area contributed by atoms with Gasteiger partial charge in [-0.3, -0.25) is 9.59 Å². The molecule has 0 saturated heterocycles. The summed E-state index contributed by atoms with van der Waals surface area (Å²) in [5, 5.41) is 20.8. The molecule has 0 saturated carbocycles. The van der Waals surface area contributed by atoms with Crippen molar-refractivity contribution in [1.29, 1.82) is 0 Å². The van der Waals surface area contributed by atoms with Crippen LogP contribution in [0.4, 0.5) is 0 Å². The van der Waals surface area contributed by atoms with E-state index >= 15 is 0 Å². The standard InChI is InChI=1S/C19H27NO6/c1-12(2)9-15(10-16(21)22)18(23)20-17(19(24)25)13(3)26-11-14-7-5-4-6-8-14/h4-8,12-13,15,17H,9-11H2,1-3H3,(H,20,23)(H,21,22)(H,24,25)/t13-,15?,17+/m1/s1. The van der Waals surface area contributed by atoms with Crippen LogP contribution in [0.1, 0.15) is 39.2 Å². The van der Waals surface area contributed by atoms with Gasteiger partial charge in [-0.05, 0) is 24.8 Å². The number of carbonyl (C=O) groups excluding carboxylic acids is 1. The van der Waals surface area contributed by atoms with Crippen molar-refractivity contribution in [3.8, 4) is 0 Å². The molecule has 0 aliphatic heterocycles. The molecule has 1 aromatic carbocycles. The maximum Gasteiger partial charge on any atom is 0.328 e. The summed E-state index contributed by atoms with van der Waals surface area (Å²) in [6.45, 7) is 5.54. The van der Waals surface area contributed by atoms with Crippen molar-refractivity contribution >= 4 is 17.8 Å². The number of ether oxygens (including phenoxy) is 1.